The largest absolute Gasteiger partial charge is 0.374 e. The summed E-state index contributed by atoms with van der Waals surface area (Å²) in [6.07, 6.45) is 7.23. The third kappa shape index (κ3) is 2.71. The molecule has 1 fully saturated rings. The van der Waals surface area contributed by atoms with Crippen LogP contribution in [0.15, 0.2) is 6.20 Å². The molecule has 0 saturated heterocycles. The molecule has 3 N–H and O–H groups in total. The average molecular weight is 253 g/mol. The third-order valence-electron chi connectivity index (χ3n) is 3.78. The van der Waals surface area contributed by atoms with Gasteiger partial charge >= 0.3 is 0 Å². The van der Waals surface area contributed by atoms with Crippen molar-refractivity contribution < 1.29 is 4.74 Å². The lowest BCUT2D eigenvalue weighted by Crippen LogP contribution is -2.54. The molecule has 0 aliphatic heterocycles. The Kier molecular flexibility index (Phi) is 4.31. The second-order valence-corrected chi connectivity index (χ2v) is 5.01. The Morgan fingerprint density at radius 3 is 2.78 bits per heavy atom. The summed E-state index contributed by atoms with van der Waals surface area (Å²) in [6.45, 7) is 2.76. The SMILES string of the molecule is CCOC1(C(Cc2cn(C)nn2)NN)CCCC1. The van der Waals surface area contributed by atoms with Crippen molar-refractivity contribution in [3.05, 3.63) is 11.9 Å². The lowest BCUT2D eigenvalue weighted by molar-refractivity contribution is -0.0615. The highest BCUT2D eigenvalue weighted by Crippen LogP contribution is 2.36. The molecular weight excluding hydrogens is 230 g/mol. The molecule has 1 aromatic rings. The summed E-state index contributed by atoms with van der Waals surface area (Å²) < 4.78 is 7.74. The molecule has 0 bridgehead atoms. The second-order valence-electron chi connectivity index (χ2n) is 5.01. The van der Waals surface area contributed by atoms with E-state index in [4.69, 9.17) is 10.6 Å². The molecule has 1 aliphatic carbocycles. The quantitative estimate of drug-likeness (QED) is 0.571. The predicted molar refractivity (Wildman–Crippen MR) is 68.6 cm³/mol. The van der Waals surface area contributed by atoms with Gasteiger partial charge in [-0.25, -0.2) is 0 Å². The number of nitrogens with two attached hydrogens (primary N) is 1. The van der Waals surface area contributed by atoms with E-state index in [0.29, 0.717) is 0 Å². The molecule has 1 heterocycles. The van der Waals surface area contributed by atoms with Crippen LogP contribution in [0.4, 0.5) is 0 Å². The maximum Gasteiger partial charge on any atom is 0.0851 e. The number of ether oxygens (including phenoxy) is 1. The molecule has 6 nitrogen and oxygen atoms in total. The Labute approximate surface area is 108 Å². The first-order chi connectivity index (χ1) is 8.70. The van der Waals surface area contributed by atoms with Gasteiger partial charge in [-0.3, -0.25) is 16.0 Å². The van der Waals surface area contributed by atoms with Crippen molar-refractivity contribution >= 4 is 0 Å². The van der Waals surface area contributed by atoms with E-state index in [-0.39, 0.29) is 11.6 Å². The van der Waals surface area contributed by atoms with Gasteiger partial charge in [-0.05, 0) is 19.8 Å². The van der Waals surface area contributed by atoms with Crippen molar-refractivity contribution in [2.45, 2.75) is 50.7 Å². The fourth-order valence-corrected chi connectivity index (χ4v) is 2.95. The van der Waals surface area contributed by atoms with Crippen LogP contribution in [-0.4, -0.2) is 33.2 Å². The summed E-state index contributed by atoms with van der Waals surface area (Å²) >= 11 is 0. The first-order valence-corrected chi connectivity index (χ1v) is 6.65. The topological polar surface area (TPSA) is 78.0 Å². The van der Waals surface area contributed by atoms with Gasteiger partial charge in [0, 0.05) is 26.3 Å². The van der Waals surface area contributed by atoms with E-state index in [9.17, 15) is 0 Å². The molecule has 6 heteroatoms. The van der Waals surface area contributed by atoms with Crippen molar-refractivity contribution in [3.8, 4) is 0 Å². The molecule has 0 radical (unpaired) electrons. The van der Waals surface area contributed by atoms with E-state index in [2.05, 4.69) is 15.7 Å². The minimum Gasteiger partial charge on any atom is -0.374 e. The number of nitrogens with zero attached hydrogens (tertiary/aromatic N) is 3. The Morgan fingerprint density at radius 2 is 2.28 bits per heavy atom. The summed E-state index contributed by atoms with van der Waals surface area (Å²) in [7, 11) is 1.87. The van der Waals surface area contributed by atoms with Crippen LogP contribution in [0.1, 0.15) is 38.3 Å². The highest BCUT2D eigenvalue weighted by atomic mass is 16.5. The fraction of sp³-hybridized carbons (Fsp3) is 0.833. The van der Waals surface area contributed by atoms with Crippen LogP contribution < -0.4 is 11.3 Å². The van der Waals surface area contributed by atoms with Crippen molar-refractivity contribution in [2.75, 3.05) is 6.61 Å². The van der Waals surface area contributed by atoms with Crippen LogP contribution in [0.3, 0.4) is 0 Å². The highest BCUT2D eigenvalue weighted by molar-refractivity contribution is 5.04. The molecular formula is C12H23N5O. The molecule has 0 spiro atoms. The highest BCUT2D eigenvalue weighted by Gasteiger charge is 2.42. The molecule has 0 amide bonds. The number of aromatic nitrogens is 3. The molecule has 102 valence electrons. The molecule has 1 unspecified atom stereocenters. The summed E-state index contributed by atoms with van der Waals surface area (Å²) in [6, 6.07) is 0.0941. The van der Waals surface area contributed by atoms with Crippen molar-refractivity contribution in [2.24, 2.45) is 12.9 Å². The smallest absolute Gasteiger partial charge is 0.0851 e. The van der Waals surface area contributed by atoms with Gasteiger partial charge in [-0.2, -0.15) is 0 Å². The Hall–Kier alpha value is -0.980. The van der Waals surface area contributed by atoms with E-state index in [1.807, 2.05) is 20.2 Å². The van der Waals surface area contributed by atoms with Crippen molar-refractivity contribution in [3.63, 3.8) is 0 Å². The van der Waals surface area contributed by atoms with Crippen LogP contribution in [0, 0.1) is 0 Å². The summed E-state index contributed by atoms with van der Waals surface area (Å²) in [5.74, 6) is 5.74. The fourth-order valence-electron chi connectivity index (χ4n) is 2.95. The zero-order valence-corrected chi connectivity index (χ0v) is 11.2. The zero-order chi connectivity index (χ0) is 13.0. The number of rotatable bonds is 6. The molecule has 2 rings (SSSR count). The lowest BCUT2D eigenvalue weighted by atomic mass is 9.89. The minimum absolute atomic E-state index is 0.0941. The predicted octanol–water partition coefficient (Wildman–Crippen LogP) is 0.539. The monoisotopic (exact) mass is 253 g/mol. The van der Waals surface area contributed by atoms with Crippen molar-refractivity contribution in [1.29, 1.82) is 0 Å². The Balaban J connectivity index is 2.10. The number of aryl methyl sites for hydroxylation is 1. The maximum absolute atomic E-state index is 6.02. The number of nitrogens with one attached hydrogen (secondary N) is 1. The van der Waals surface area contributed by atoms with Crippen LogP contribution in [0.5, 0.6) is 0 Å². The van der Waals surface area contributed by atoms with Gasteiger partial charge in [0.05, 0.1) is 17.3 Å². The van der Waals surface area contributed by atoms with Gasteiger partial charge in [-0.15, -0.1) is 5.10 Å². The molecule has 18 heavy (non-hydrogen) atoms. The first-order valence-electron chi connectivity index (χ1n) is 6.65. The first kappa shape index (κ1) is 13.5. The van der Waals surface area contributed by atoms with E-state index in [0.717, 1.165) is 31.6 Å². The number of hydrazine groups is 1. The summed E-state index contributed by atoms with van der Waals surface area (Å²) in [4.78, 5) is 0. The third-order valence-corrected chi connectivity index (χ3v) is 3.78. The average Bonchev–Trinajstić information content (AvgIpc) is 2.97. The minimum atomic E-state index is -0.138. The van der Waals surface area contributed by atoms with Crippen LogP contribution in [0.25, 0.3) is 0 Å². The molecule has 1 atom stereocenters. The van der Waals surface area contributed by atoms with Gasteiger partial charge in [0.25, 0.3) is 0 Å². The maximum atomic E-state index is 6.02. The Bertz CT molecular complexity index is 372. The van der Waals surface area contributed by atoms with Gasteiger partial charge < -0.3 is 4.74 Å². The molecule has 1 saturated carbocycles. The molecule has 0 aromatic carbocycles. The van der Waals surface area contributed by atoms with E-state index in [1.54, 1.807) is 4.68 Å². The number of hydrogen-bond acceptors (Lipinski definition) is 5. The molecule has 1 aromatic heterocycles. The standard InChI is InChI=1S/C12H23N5O/c1-3-18-12(6-4-5-7-12)11(14-13)8-10-9-17(2)16-15-10/h9,11,14H,3-8,13H2,1-2H3. The van der Waals surface area contributed by atoms with Crippen LogP contribution >= 0.6 is 0 Å². The van der Waals surface area contributed by atoms with Crippen LogP contribution in [0.2, 0.25) is 0 Å². The summed E-state index contributed by atoms with van der Waals surface area (Å²) in [5, 5.41) is 8.08. The Morgan fingerprint density at radius 1 is 1.56 bits per heavy atom. The van der Waals surface area contributed by atoms with Gasteiger partial charge in [0.15, 0.2) is 0 Å². The van der Waals surface area contributed by atoms with Crippen molar-refractivity contribution in [1.82, 2.24) is 20.4 Å². The molecule has 1 aliphatic rings. The lowest BCUT2D eigenvalue weighted by Gasteiger charge is -2.36. The zero-order valence-electron chi connectivity index (χ0n) is 11.2. The van der Waals surface area contributed by atoms with Crippen LogP contribution in [-0.2, 0) is 18.2 Å². The van der Waals surface area contributed by atoms with E-state index >= 15 is 0 Å². The normalized spacial score (nSPS) is 20.2. The van der Waals surface area contributed by atoms with E-state index in [1.165, 1.54) is 12.8 Å². The second kappa shape index (κ2) is 5.77. The number of hydrogen-bond donors (Lipinski definition) is 2. The van der Waals surface area contributed by atoms with Gasteiger partial charge in [-0.1, -0.05) is 18.1 Å². The van der Waals surface area contributed by atoms with Gasteiger partial charge in [0.1, 0.15) is 0 Å². The van der Waals surface area contributed by atoms with E-state index < -0.39 is 0 Å². The van der Waals surface area contributed by atoms with Gasteiger partial charge in [0.2, 0.25) is 0 Å². The summed E-state index contributed by atoms with van der Waals surface area (Å²) in [5.41, 5.74) is 3.74.